The van der Waals surface area contributed by atoms with Crippen molar-refractivity contribution in [3.05, 3.63) is 71.3 Å². The van der Waals surface area contributed by atoms with Gasteiger partial charge in [0.2, 0.25) is 21.9 Å². The van der Waals surface area contributed by atoms with Crippen LogP contribution in [0.2, 0.25) is 0 Å². The lowest BCUT2D eigenvalue weighted by Gasteiger charge is -2.32. The molecule has 17 heteroatoms. The van der Waals surface area contributed by atoms with Gasteiger partial charge in [-0.2, -0.15) is 0 Å². The minimum absolute atomic E-state index is 0. The second-order valence-electron chi connectivity index (χ2n) is 12.7. The van der Waals surface area contributed by atoms with E-state index in [4.69, 9.17) is 9.47 Å². The summed E-state index contributed by atoms with van der Waals surface area (Å²) in [4.78, 5) is 52.4. The van der Waals surface area contributed by atoms with Crippen molar-refractivity contribution in [3.63, 3.8) is 0 Å². The molecule has 0 aliphatic carbocycles. The number of hydrogen-bond acceptors (Lipinski definition) is 9. The number of nitrogens with one attached hydrogen (secondary N) is 3. The number of likely N-dealkylation sites (N-methyl/N-ethyl adjacent to an activating group) is 1. The zero-order chi connectivity index (χ0) is 36.7. The zero-order valence-corrected chi connectivity index (χ0v) is 32.9. The van der Waals surface area contributed by atoms with Crippen LogP contribution in [0.15, 0.2) is 54.6 Å². The number of fused-ring (bicyclic) bond motifs is 1. The molecule has 0 bridgehead atoms. The molecule has 5 rings (SSSR count). The van der Waals surface area contributed by atoms with E-state index < -0.39 is 15.9 Å². The number of nitrogens with zero attached hydrogens (tertiary/aromatic N) is 4. The number of piperazine rings is 1. The third-order valence-corrected chi connectivity index (χ3v) is 9.23. The number of halogens is 2. The number of imidazole rings is 1. The third-order valence-electron chi connectivity index (χ3n) is 8.67. The number of H-pyrrole nitrogens is 1. The maximum atomic E-state index is 13.7. The van der Waals surface area contributed by atoms with Crippen LogP contribution in [0.1, 0.15) is 52.0 Å². The lowest BCUT2D eigenvalue weighted by atomic mass is 10.1. The van der Waals surface area contributed by atoms with E-state index in [2.05, 4.69) is 32.0 Å². The first-order valence-corrected chi connectivity index (χ1v) is 18.7. The van der Waals surface area contributed by atoms with Crippen LogP contribution in [0.3, 0.4) is 0 Å². The van der Waals surface area contributed by atoms with Gasteiger partial charge in [0.25, 0.3) is 11.8 Å². The van der Waals surface area contributed by atoms with Crippen molar-refractivity contribution in [2.24, 2.45) is 0 Å². The summed E-state index contributed by atoms with van der Waals surface area (Å²) in [5.41, 5.74) is 3.20. The van der Waals surface area contributed by atoms with E-state index in [0.29, 0.717) is 41.2 Å². The van der Waals surface area contributed by atoms with Gasteiger partial charge in [0, 0.05) is 45.2 Å². The minimum Gasteiger partial charge on any atom is -0.495 e. The number of aryl methyl sites for hydroxylation is 1. The molecule has 3 N–H and O–H groups in total. The number of aromatic amines is 1. The second kappa shape index (κ2) is 19.0. The summed E-state index contributed by atoms with van der Waals surface area (Å²) in [5.74, 6) is 0.235. The highest BCUT2D eigenvalue weighted by Crippen LogP contribution is 2.32. The Balaban J connectivity index is 0.00000378. The number of anilines is 3. The van der Waals surface area contributed by atoms with Gasteiger partial charge in [-0.1, -0.05) is 12.1 Å². The van der Waals surface area contributed by atoms with Gasteiger partial charge in [-0.3, -0.25) is 19.1 Å². The third kappa shape index (κ3) is 11.2. The molecule has 3 amide bonds. The number of benzene rings is 3. The monoisotopic (exact) mass is 791 g/mol. The second-order valence-corrected chi connectivity index (χ2v) is 14.5. The first-order valence-electron chi connectivity index (χ1n) is 16.8. The Bertz CT molecular complexity index is 2020. The molecule has 1 aliphatic heterocycles. The number of ether oxygens (including phenoxy) is 2. The molecule has 0 atom stereocenters. The van der Waals surface area contributed by atoms with Crippen molar-refractivity contribution in [1.82, 2.24) is 19.8 Å². The van der Waals surface area contributed by atoms with Crippen LogP contribution in [0.25, 0.3) is 11.0 Å². The molecule has 1 aliphatic rings. The molecule has 1 fully saturated rings. The van der Waals surface area contributed by atoms with E-state index in [1.165, 1.54) is 12.0 Å². The standard InChI is InChI=1S/C36H45N7O7S.2ClH/c1-24-13-16-29(31(22-24)50-21-8-6-7-12-32(44)43-19-17-41(2)18-20-43)42(3)35(46)25-14-15-27(30(23-25)49-4)37-34(45)26-10-9-11-28-33(26)39-36(38-28)40-51(5,47)48;;/h9-11,13-16,22-23H,6-8,12,17-21H2,1-5H3,(H,37,45)(H2,38,39,40);2*1H. The quantitative estimate of drug-likeness (QED) is 0.143. The van der Waals surface area contributed by atoms with Gasteiger partial charge in [0.15, 0.2) is 0 Å². The average molecular weight is 793 g/mol. The highest BCUT2D eigenvalue weighted by molar-refractivity contribution is 7.92. The molecule has 53 heavy (non-hydrogen) atoms. The maximum absolute atomic E-state index is 13.7. The van der Waals surface area contributed by atoms with E-state index >= 15 is 0 Å². The number of para-hydroxylation sites is 1. The number of rotatable bonds is 14. The van der Waals surface area contributed by atoms with Crippen molar-refractivity contribution in [3.8, 4) is 11.5 Å². The van der Waals surface area contributed by atoms with Crippen LogP contribution in [0.4, 0.5) is 17.3 Å². The number of amides is 3. The molecule has 1 aromatic heterocycles. The topological polar surface area (TPSA) is 166 Å². The van der Waals surface area contributed by atoms with E-state index in [0.717, 1.165) is 57.3 Å². The molecule has 4 aromatic rings. The smallest absolute Gasteiger partial charge is 0.258 e. The Morgan fingerprint density at radius 2 is 1.70 bits per heavy atom. The average Bonchev–Trinajstić information content (AvgIpc) is 3.50. The van der Waals surface area contributed by atoms with Crippen molar-refractivity contribution in [1.29, 1.82) is 0 Å². The van der Waals surface area contributed by atoms with E-state index in [1.54, 1.807) is 43.4 Å². The van der Waals surface area contributed by atoms with Crippen LogP contribution in [0, 0.1) is 6.92 Å². The fraction of sp³-hybridized carbons (Fsp3) is 0.389. The van der Waals surface area contributed by atoms with Gasteiger partial charge < -0.3 is 34.5 Å². The fourth-order valence-corrected chi connectivity index (χ4v) is 6.27. The Morgan fingerprint density at radius 3 is 2.40 bits per heavy atom. The van der Waals surface area contributed by atoms with Crippen molar-refractivity contribution in [2.45, 2.75) is 32.6 Å². The van der Waals surface area contributed by atoms with Crippen LogP contribution < -0.4 is 24.4 Å². The number of carbonyl (C=O) groups excluding carboxylic acids is 3. The van der Waals surface area contributed by atoms with Crippen LogP contribution in [0.5, 0.6) is 11.5 Å². The molecular weight excluding hydrogens is 745 g/mol. The van der Waals surface area contributed by atoms with Gasteiger partial charge in [-0.05, 0) is 81.3 Å². The molecule has 0 saturated carbocycles. The van der Waals surface area contributed by atoms with Crippen LogP contribution >= 0.6 is 24.8 Å². The molecule has 0 radical (unpaired) electrons. The summed E-state index contributed by atoms with van der Waals surface area (Å²) in [6.45, 7) is 5.80. The van der Waals surface area contributed by atoms with E-state index in [9.17, 15) is 22.8 Å². The largest absolute Gasteiger partial charge is 0.495 e. The van der Waals surface area contributed by atoms with Gasteiger partial charge >= 0.3 is 0 Å². The molecule has 3 aromatic carbocycles. The van der Waals surface area contributed by atoms with Crippen molar-refractivity contribution < 1.29 is 32.3 Å². The van der Waals surface area contributed by atoms with Gasteiger partial charge in [-0.25, -0.2) is 13.4 Å². The van der Waals surface area contributed by atoms with Crippen LogP contribution in [-0.4, -0.2) is 106 Å². The van der Waals surface area contributed by atoms with Gasteiger partial charge in [-0.15, -0.1) is 24.8 Å². The Morgan fingerprint density at radius 1 is 0.962 bits per heavy atom. The molecule has 14 nitrogen and oxygen atoms in total. The first kappa shape index (κ1) is 42.8. The number of hydrogen-bond donors (Lipinski definition) is 3. The van der Waals surface area contributed by atoms with Gasteiger partial charge in [0.1, 0.15) is 17.0 Å². The number of aromatic nitrogens is 2. The maximum Gasteiger partial charge on any atom is 0.258 e. The molecule has 0 unspecified atom stereocenters. The summed E-state index contributed by atoms with van der Waals surface area (Å²) < 4.78 is 37.3. The number of sulfonamides is 1. The summed E-state index contributed by atoms with van der Waals surface area (Å²) >= 11 is 0. The minimum atomic E-state index is -3.58. The fourth-order valence-electron chi connectivity index (χ4n) is 5.82. The van der Waals surface area contributed by atoms with Crippen molar-refractivity contribution >= 4 is 80.9 Å². The lowest BCUT2D eigenvalue weighted by Crippen LogP contribution is -2.47. The number of unbranched alkanes of at least 4 members (excludes halogenated alkanes) is 2. The molecule has 2 heterocycles. The Kier molecular flexibility index (Phi) is 15.3. The van der Waals surface area contributed by atoms with E-state index in [1.807, 2.05) is 30.0 Å². The zero-order valence-electron chi connectivity index (χ0n) is 30.4. The predicted molar refractivity (Wildman–Crippen MR) is 212 cm³/mol. The summed E-state index contributed by atoms with van der Waals surface area (Å²) in [7, 11) is 1.60. The van der Waals surface area contributed by atoms with E-state index in [-0.39, 0.29) is 59.4 Å². The molecular formula is C36H47Cl2N7O7S. The predicted octanol–water partition coefficient (Wildman–Crippen LogP) is 5.34. The van der Waals surface area contributed by atoms with Crippen molar-refractivity contribution in [2.75, 3.05) is 75.2 Å². The Hall–Kier alpha value is -4.57. The summed E-state index contributed by atoms with van der Waals surface area (Å²) in [5, 5.41) is 2.81. The Labute approximate surface area is 322 Å². The normalized spacial score (nSPS) is 13.0. The molecule has 1 saturated heterocycles. The van der Waals surface area contributed by atoms with Crippen LogP contribution in [-0.2, 0) is 14.8 Å². The highest BCUT2D eigenvalue weighted by Gasteiger charge is 2.22. The number of methoxy groups -OCH3 is 1. The summed E-state index contributed by atoms with van der Waals surface area (Å²) in [6, 6.07) is 15.3. The summed E-state index contributed by atoms with van der Waals surface area (Å²) in [6.07, 6.45) is 3.98. The van der Waals surface area contributed by atoms with Gasteiger partial charge in [0.05, 0.1) is 42.4 Å². The SMILES string of the molecule is COc1cc(C(=O)N(C)c2ccc(C)cc2OCCCCCC(=O)N2CCN(C)CC2)ccc1NC(=O)c1cccc2[nH]c(NS(C)(=O)=O)nc12.Cl.Cl. The highest BCUT2D eigenvalue weighted by atomic mass is 35.5. The molecule has 0 spiro atoms. The molecule has 288 valence electrons. The first-order chi connectivity index (χ1) is 24.3. The lowest BCUT2D eigenvalue weighted by molar-refractivity contribution is -0.132. The number of carbonyl (C=O) groups is 3.